The third kappa shape index (κ3) is 3.13. The average Bonchev–Trinajstić information content (AvgIpc) is 3.03. The number of hydrogen-bond acceptors (Lipinski definition) is 3. The summed E-state index contributed by atoms with van der Waals surface area (Å²) in [6.45, 7) is 5.64. The minimum atomic E-state index is -0.233. The molecule has 0 fully saturated rings. The Morgan fingerprint density at radius 2 is 2.12 bits per heavy atom. The van der Waals surface area contributed by atoms with Gasteiger partial charge in [0.25, 0.3) is 5.56 Å². The van der Waals surface area contributed by atoms with Gasteiger partial charge in [-0.25, -0.2) is 14.1 Å². The zero-order valence-corrected chi connectivity index (χ0v) is 13.9. The molecular formula is C18H19FN4O. The van der Waals surface area contributed by atoms with Gasteiger partial charge in [-0.3, -0.25) is 4.79 Å². The Labute approximate surface area is 139 Å². The molecule has 3 aromatic rings. The minimum absolute atomic E-state index is 0.146. The van der Waals surface area contributed by atoms with Gasteiger partial charge in [0, 0.05) is 18.2 Å². The zero-order valence-electron chi connectivity index (χ0n) is 13.9. The summed E-state index contributed by atoms with van der Waals surface area (Å²) in [4.78, 5) is 18.4. The molecule has 24 heavy (non-hydrogen) atoms. The number of halogens is 1. The number of rotatable bonds is 4. The highest BCUT2D eigenvalue weighted by Gasteiger charge is 2.16. The molecule has 6 heteroatoms. The van der Waals surface area contributed by atoms with Gasteiger partial charge in [0.15, 0.2) is 5.82 Å². The summed E-state index contributed by atoms with van der Waals surface area (Å²) in [7, 11) is 0. The van der Waals surface area contributed by atoms with Crippen LogP contribution in [-0.4, -0.2) is 19.7 Å². The first-order chi connectivity index (χ1) is 11.5. The van der Waals surface area contributed by atoms with Crippen LogP contribution in [0, 0.1) is 12.7 Å². The minimum Gasteiger partial charge on any atom is -0.311 e. The highest BCUT2D eigenvalue weighted by molar-refractivity contribution is 5.34. The van der Waals surface area contributed by atoms with E-state index in [2.05, 4.69) is 15.1 Å². The molecule has 5 nitrogen and oxygen atoms in total. The lowest BCUT2D eigenvalue weighted by atomic mass is 9.94. The molecule has 2 heterocycles. The summed E-state index contributed by atoms with van der Waals surface area (Å²) in [6, 6.07) is 6.73. The van der Waals surface area contributed by atoms with E-state index in [4.69, 9.17) is 0 Å². The topological polar surface area (TPSA) is 63.6 Å². The Hall–Kier alpha value is -2.76. The molecule has 1 unspecified atom stereocenters. The maximum absolute atomic E-state index is 14.3. The Morgan fingerprint density at radius 3 is 2.79 bits per heavy atom. The Balaban J connectivity index is 1.94. The van der Waals surface area contributed by atoms with Gasteiger partial charge in [-0.2, -0.15) is 5.10 Å². The molecule has 0 saturated carbocycles. The predicted molar refractivity (Wildman–Crippen MR) is 90.0 cm³/mol. The number of aromatic nitrogens is 4. The van der Waals surface area contributed by atoms with Crippen LogP contribution >= 0.6 is 0 Å². The van der Waals surface area contributed by atoms with Crippen molar-refractivity contribution in [3.8, 4) is 5.82 Å². The van der Waals surface area contributed by atoms with E-state index >= 15 is 0 Å². The van der Waals surface area contributed by atoms with E-state index in [0.717, 1.165) is 17.5 Å². The molecule has 3 rings (SSSR count). The number of aromatic amines is 1. The molecular weight excluding hydrogens is 307 g/mol. The second kappa shape index (κ2) is 6.39. The van der Waals surface area contributed by atoms with E-state index in [1.165, 1.54) is 10.7 Å². The van der Waals surface area contributed by atoms with Crippen molar-refractivity contribution in [2.45, 2.75) is 33.1 Å². The monoisotopic (exact) mass is 326 g/mol. The van der Waals surface area contributed by atoms with Crippen LogP contribution in [0.15, 0.2) is 41.5 Å². The molecule has 0 aliphatic rings. The largest absolute Gasteiger partial charge is 0.311 e. The van der Waals surface area contributed by atoms with Crippen molar-refractivity contribution in [1.82, 2.24) is 19.7 Å². The number of benzene rings is 1. The van der Waals surface area contributed by atoms with Crippen LogP contribution < -0.4 is 5.56 Å². The maximum Gasteiger partial charge on any atom is 0.253 e. The smallest absolute Gasteiger partial charge is 0.253 e. The fraction of sp³-hybridized carbons (Fsp3) is 0.278. The van der Waals surface area contributed by atoms with Crippen molar-refractivity contribution in [1.29, 1.82) is 0 Å². The Bertz CT molecular complexity index is 929. The van der Waals surface area contributed by atoms with E-state index in [1.54, 1.807) is 25.4 Å². The Kier molecular flexibility index (Phi) is 4.29. The quantitative estimate of drug-likeness (QED) is 0.801. The number of H-pyrrole nitrogens is 1. The first-order valence-corrected chi connectivity index (χ1v) is 7.89. The lowest BCUT2D eigenvalue weighted by Crippen LogP contribution is -2.12. The molecule has 0 amide bonds. The van der Waals surface area contributed by atoms with Gasteiger partial charge in [-0.05, 0) is 36.1 Å². The zero-order chi connectivity index (χ0) is 17.3. The second-order valence-electron chi connectivity index (χ2n) is 5.84. The molecule has 0 spiro atoms. The van der Waals surface area contributed by atoms with Gasteiger partial charge < -0.3 is 4.98 Å². The Morgan fingerprint density at radius 1 is 1.33 bits per heavy atom. The van der Waals surface area contributed by atoms with Gasteiger partial charge in [0.2, 0.25) is 0 Å². The van der Waals surface area contributed by atoms with Crippen molar-refractivity contribution in [3.05, 3.63) is 75.3 Å². The molecule has 0 aliphatic carbocycles. The van der Waals surface area contributed by atoms with E-state index < -0.39 is 0 Å². The number of hydrogen-bond donors (Lipinski definition) is 1. The summed E-state index contributed by atoms with van der Waals surface area (Å²) in [6.07, 6.45) is 4.26. The van der Waals surface area contributed by atoms with E-state index in [0.29, 0.717) is 17.2 Å². The molecule has 124 valence electrons. The summed E-state index contributed by atoms with van der Waals surface area (Å²) < 4.78 is 15.9. The molecule has 1 N–H and O–H groups in total. The SMILES string of the molecule is CCc1ccc(C(C)c2cnn(-c3cc(=O)[nH]c(C)n3)c2)c(F)c1. The molecule has 1 aromatic carbocycles. The molecule has 0 saturated heterocycles. The van der Waals surface area contributed by atoms with E-state index in [1.807, 2.05) is 26.0 Å². The van der Waals surface area contributed by atoms with Gasteiger partial charge in [-0.1, -0.05) is 26.0 Å². The summed E-state index contributed by atoms with van der Waals surface area (Å²) in [5, 5.41) is 4.26. The molecule has 0 bridgehead atoms. The van der Waals surface area contributed by atoms with Crippen LogP contribution in [0.4, 0.5) is 4.39 Å². The molecule has 0 aliphatic heterocycles. The highest BCUT2D eigenvalue weighted by Crippen LogP contribution is 2.27. The van der Waals surface area contributed by atoms with Gasteiger partial charge in [0.05, 0.1) is 6.20 Å². The first-order valence-electron chi connectivity index (χ1n) is 7.89. The molecule has 0 radical (unpaired) electrons. The number of nitrogens with one attached hydrogen (secondary N) is 1. The second-order valence-corrected chi connectivity index (χ2v) is 5.84. The van der Waals surface area contributed by atoms with Crippen LogP contribution in [0.5, 0.6) is 0 Å². The normalized spacial score (nSPS) is 12.3. The van der Waals surface area contributed by atoms with Crippen LogP contribution in [0.2, 0.25) is 0 Å². The average molecular weight is 326 g/mol. The van der Waals surface area contributed by atoms with Crippen LogP contribution in [-0.2, 0) is 6.42 Å². The molecule has 1 atom stereocenters. The summed E-state index contributed by atoms with van der Waals surface area (Å²) >= 11 is 0. The van der Waals surface area contributed by atoms with Gasteiger partial charge in [0.1, 0.15) is 11.6 Å². The summed E-state index contributed by atoms with van der Waals surface area (Å²) in [5.41, 5.74) is 2.23. The third-order valence-corrected chi connectivity index (χ3v) is 4.12. The van der Waals surface area contributed by atoms with E-state index in [9.17, 15) is 9.18 Å². The van der Waals surface area contributed by atoms with Crippen LogP contribution in [0.3, 0.4) is 0 Å². The lowest BCUT2D eigenvalue weighted by molar-refractivity contribution is 0.601. The first kappa shape index (κ1) is 16.1. The summed E-state index contributed by atoms with van der Waals surface area (Å²) in [5.74, 6) is 0.604. The van der Waals surface area contributed by atoms with Crippen molar-refractivity contribution < 1.29 is 4.39 Å². The van der Waals surface area contributed by atoms with Crippen molar-refractivity contribution >= 4 is 0 Å². The fourth-order valence-corrected chi connectivity index (χ4v) is 2.69. The van der Waals surface area contributed by atoms with E-state index in [-0.39, 0.29) is 17.3 Å². The number of aryl methyl sites for hydroxylation is 2. The highest BCUT2D eigenvalue weighted by atomic mass is 19.1. The lowest BCUT2D eigenvalue weighted by Gasteiger charge is -2.12. The van der Waals surface area contributed by atoms with Gasteiger partial charge in [-0.15, -0.1) is 0 Å². The van der Waals surface area contributed by atoms with Crippen molar-refractivity contribution in [3.63, 3.8) is 0 Å². The standard InChI is InChI=1S/C18H19FN4O/c1-4-13-5-6-15(16(19)7-13)11(2)14-9-20-23(10-14)17-8-18(24)22-12(3)21-17/h5-11H,4H2,1-3H3,(H,21,22,24). The predicted octanol–water partition coefficient (Wildman–Crippen LogP) is 3.12. The van der Waals surface area contributed by atoms with Crippen LogP contribution in [0.25, 0.3) is 5.82 Å². The third-order valence-electron chi connectivity index (χ3n) is 4.12. The van der Waals surface area contributed by atoms with Crippen molar-refractivity contribution in [2.24, 2.45) is 0 Å². The van der Waals surface area contributed by atoms with Gasteiger partial charge >= 0.3 is 0 Å². The fourth-order valence-electron chi connectivity index (χ4n) is 2.69. The van der Waals surface area contributed by atoms with Crippen LogP contribution in [0.1, 0.15) is 42.3 Å². The number of nitrogens with zero attached hydrogens (tertiary/aromatic N) is 3. The maximum atomic E-state index is 14.3. The van der Waals surface area contributed by atoms with Crippen molar-refractivity contribution in [2.75, 3.05) is 0 Å². The molecule has 2 aromatic heterocycles.